The number of piperazine rings is 1. The number of aryl methyl sites for hydroxylation is 1. The van der Waals surface area contributed by atoms with Crippen LogP contribution >= 0.6 is 11.6 Å². The Labute approximate surface area is 171 Å². The normalized spacial score (nSPS) is 14.2. The van der Waals surface area contributed by atoms with Crippen molar-refractivity contribution >= 4 is 28.9 Å². The first-order valence-electron chi connectivity index (χ1n) is 9.55. The lowest BCUT2D eigenvalue weighted by atomic mass is 10.1. The summed E-state index contributed by atoms with van der Waals surface area (Å²) in [5, 5.41) is 4.20. The van der Waals surface area contributed by atoms with Gasteiger partial charge in [0.05, 0.1) is 0 Å². The molecule has 2 aromatic carbocycles. The summed E-state index contributed by atoms with van der Waals surface area (Å²) >= 11 is 6.13. The molecule has 6 heteroatoms. The van der Waals surface area contributed by atoms with E-state index in [2.05, 4.69) is 62.3 Å². The van der Waals surface area contributed by atoms with Crippen molar-refractivity contribution in [3.63, 3.8) is 0 Å². The van der Waals surface area contributed by atoms with Crippen molar-refractivity contribution in [1.82, 2.24) is 9.97 Å². The van der Waals surface area contributed by atoms with Crippen LogP contribution in [0.5, 0.6) is 0 Å². The predicted molar refractivity (Wildman–Crippen MR) is 116 cm³/mol. The first-order valence-corrected chi connectivity index (χ1v) is 9.93. The predicted octanol–water partition coefficient (Wildman–Crippen LogP) is 4.38. The Morgan fingerprint density at radius 2 is 1.71 bits per heavy atom. The Balaban J connectivity index is 1.38. The highest BCUT2D eigenvalue weighted by Gasteiger charge is 2.19. The summed E-state index contributed by atoms with van der Waals surface area (Å²) in [6.45, 7) is 6.60. The topological polar surface area (TPSA) is 44.3 Å². The van der Waals surface area contributed by atoms with Gasteiger partial charge in [-0.15, -0.1) is 0 Å². The van der Waals surface area contributed by atoms with Gasteiger partial charge in [-0.2, -0.15) is 0 Å². The van der Waals surface area contributed by atoms with Crippen LogP contribution < -0.4 is 15.1 Å². The van der Waals surface area contributed by atoms with Gasteiger partial charge in [0.1, 0.15) is 18.0 Å². The van der Waals surface area contributed by atoms with E-state index in [9.17, 15) is 0 Å². The van der Waals surface area contributed by atoms with Crippen molar-refractivity contribution in [1.29, 1.82) is 0 Å². The second-order valence-electron chi connectivity index (χ2n) is 7.00. The molecule has 5 nitrogen and oxygen atoms in total. The van der Waals surface area contributed by atoms with Crippen LogP contribution in [-0.4, -0.2) is 36.1 Å². The number of hydrogen-bond acceptors (Lipinski definition) is 5. The van der Waals surface area contributed by atoms with Gasteiger partial charge < -0.3 is 15.1 Å². The molecule has 0 radical (unpaired) electrons. The van der Waals surface area contributed by atoms with Gasteiger partial charge in [-0.25, -0.2) is 9.97 Å². The molecule has 0 spiro atoms. The van der Waals surface area contributed by atoms with Gasteiger partial charge in [0.25, 0.3) is 0 Å². The van der Waals surface area contributed by atoms with Crippen LogP contribution in [0.4, 0.5) is 17.3 Å². The summed E-state index contributed by atoms with van der Waals surface area (Å²) in [5.41, 5.74) is 3.73. The Kier molecular flexibility index (Phi) is 5.63. The lowest BCUT2D eigenvalue weighted by Crippen LogP contribution is -2.46. The molecule has 0 unspecified atom stereocenters. The van der Waals surface area contributed by atoms with E-state index in [-0.39, 0.29) is 0 Å². The summed E-state index contributed by atoms with van der Waals surface area (Å²) in [7, 11) is 0. The quantitative estimate of drug-likeness (QED) is 0.697. The van der Waals surface area contributed by atoms with Crippen LogP contribution in [0.15, 0.2) is 60.9 Å². The Bertz CT molecular complexity index is 937. The molecular formula is C22H24ClN5. The molecule has 0 aliphatic carbocycles. The van der Waals surface area contributed by atoms with E-state index in [0.29, 0.717) is 0 Å². The van der Waals surface area contributed by atoms with Gasteiger partial charge >= 0.3 is 0 Å². The highest BCUT2D eigenvalue weighted by Crippen LogP contribution is 2.23. The molecule has 1 fully saturated rings. The maximum Gasteiger partial charge on any atom is 0.134 e. The van der Waals surface area contributed by atoms with E-state index in [1.54, 1.807) is 6.33 Å². The lowest BCUT2D eigenvalue weighted by molar-refractivity contribution is 0.647. The number of nitrogens with one attached hydrogen (secondary N) is 1. The average Bonchev–Trinajstić information content (AvgIpc) is 2.73. The molecule has 1 saturated heterocycles. The molecule has 1 N–H and O–H groups in total. The number of anilines is 3. The van der Waals surface area contributed by atoms with Crippen LogP contribution in [0, 0.1) is 6.92 Å². The summed E-state index contributed by atoms with van der Waals surface area (Å²) in [6.07, 6.45) is 1.64. The van der Waals surface area contributed by atoms with E-state index in [1.165, 1.54) is 16.8 Å². The maximum atomic E-state index is 6.13. The van der Waals surface area contributed by atoms with Crippen molar-refractivity contribution in [3.05, 3.63) is 77.1 Å². The van der Waals surface area contributed by atoms with Gasteiger partial charge in [0, 0.05) is 49.5 Å². The van der Waals surface area contributed by atoms with E-state index in [1.807, 2.05) is 24.3 Å². The van der Waals surface area contributed by atoms with Crippen LogP contribution in [0.25, 0.3) is 0 Å². The largest absolute Gasteiger partial charge is 0.368 e. The molecule has 4 rings (SSSR count). The second kappa shape index (κ2) is 8.48. The molecular weight excluding hydrogens is 370 g/mol. The molecule has 1 aliphatic heterocycles. The minimum atomic E-state index is 0.756. The van der Waals surface area contributed by atoms with E-state index < -0.39 is 0 Å². The van der Waals surface area contributed by atoms with Gasteiger partial charge in [-0.05, 0) is 36.2 Å². The van der Waals surface area contributed by atoms with Crippen LogP contribution in [0.3, 0.4) is 0 Å². The minimum Gasteiger partial charge on any atom is -0.368 e. The smallest absolute Gasteiger partial charge is 0.134 e. The van der Waals surface area contributed by atoms with E-state index in [0.717, 1.165) is 49.4 Å². The summed E-state index contributed by atoms with van der Waals surface area (Å²) < 4.78 is 0. The van der Waals surface area contributed by atoms with Crippen molar-refractivity contribution in [2.24, 2.45) is 0 Å². The highest BCUT2D eigenvalue weighted by atomic mass is 35.5. The average molecular weight is 394 g/mol. The molecule has 0 bridgehead atoms. The standard InChI is InChI=1S/C22H24ClN5/c1-17-5-2-3-6-18(17)15-24-21-14-22(26-16-25-21)28-11-9-27(10-12-28)20-8-4-7-19(23)13-20/h2-8,13-14,16H,9-12,15H2,1H3,(H,24,25,26). The van der Waals surface area contributed by atoms with Gasteiger partial charge in [0.2, 0.25) is 0 Å². The SMILES string of the molecule is Cc1ccccc1CNc1cc(N2CCN(c3cccc(Cl)c3)CC2)ncn1. The molecule has 2 heterocycles. The van der Waals surface area contributed by atoms with Gasteiger partial charge in [-0.1, -0.05) is 41.9 Å². The highest BCUT2D eigenvalue weighted by molar-refractivity contribution is 6.30. The van der Waals surface area contributed by atoms with Crippen LogP contribution in [-0.2, 0) is 6.54 Å². The number of rotatable bonds is 5. The molecule has 1 aromatic heterocycles. The number of benzene rings is 2. The van der Waals surface area contributed by atoms with Crippen molar-refractivity contribution in [3.8, 4) is 0 Å². The molecule has 144 valence electrons. The number of halogens is 1. The van der Waals surface area contributed by atoms with Crippen molar-refractivity contribution < 1.29 is 0 Å². The third-order valence-electron chi connectivity index (χ3n) is 5.15. The van der Waals surface area contributed by atoms with Gasteiger partial charge in [0.15, 0.2) is 0 Å². The molecule has 1 aliphatic rings. The zero-order valence-electron chi connectivity index (χ0n) is 16.0. The maximum absolute atomic E-state index is 6.13. The first-order chi connectivity index (χ1) is 13.7. The van der Waals surface area contributed by atoms with Crippen LogP contribution in [0.2, 0.25) is 5.02 Å². The molecule has 0 atom stereocenters. The third-order valence-corrected chi connectivity index (χ3v) is 5.39. The number of nitrogens with zero attached hydrogens (tertiary/aromatic N) is 4. The first kappa shape index (κ1) is 18.6. The molecule has 3 aromatic rings. The molecule has 0 amide bonds. The molecule has 0 saturated carbocycles. The monoisotopic (exact) mass is 393 g/mol. The van der Waals surface area contributed by atoms with Crippen LogP contribution in [0.1, 0.15) is 11.1 Å². The zero-order valence-corrected chi connectivity index (χ0v) is 16.7. The van der Waals surface area contributed by atoms with E-state index >= 15 is 0 Å². The Morgan fingerprint density at radius 1 is 0.929 bits per heavy atom. The Hall–Kier alpha value is -2.79. The van der Waals surface area contributed by atoms with E-state index in [4.69, 9.17) is 11.6 Å². The summed E-state index contributed by atoms with van der Waals surface area (Å²) in [4.78, 5) is 13.5. The number of hydrogen-bond donors (Lipinski definition) is 1. The van der Waals surface area contributed by atoms with Crippen molar-refractivity contribution in [2.75, 3.05) is 41.3 Å². The molecule has 28 heavy (non-hydrogen) atoms. The minimum absolute atomic E-state index is 0.756. The fourth-order valence-corrected chi connectivity index (χ4v) is 3.66. The van der Waals surface area contributed by atoms with Crippen molar-refractivity contribution in [2.45, 2.75) is 13.5 Å². The lowest BCUT2D eigenvalue weighted by Gasteiger charge is -2.36. The van der Waals surface area contributed by atoms with Gasteiger partial charge in [-0.3, -0.25) is 0 Å². The Morgan fingerprint density at radius 3 is 2.50 bits per heavy atom. The summed E-state index contributed by atoms with van der Waals surface area (Å²) in [5.74, 6) is 1.82. The number of aromatic nitrogens is 2. The third kappa shape index (κ3) is 4.37. The fraction of sp³-hybridized carbons (Fsp3) is 0.273. The fourth-order valence-electron chi connectivity index (χ4n) is 3.48. The zero-order chi connectivity index (χ0) is 19.3. The summed E-state index contributed by atoms with van der Waals surface area (Å²) in [6, 6.07) is 18.5. The second-order valence-corrected chi connectivity index (χ2v) is 7.43.